The number of hydrogen-bond donors (Lipinski definition) is 1. The maximum Gasteiger partial charge on any atom is 0.309 e. The number of methoxy groups -OCH3 is 1. The quantitative estimate of drug-likeness (QED) is 0.857. The zero-order chi connectivity index (χ0) is 14.7. The van der Waals surface area contributed by atoms with Crippen molar-refractivity contribution >= 4 is 5.97 Å². The number of nitrogens with one attached hydrogen (secondary N) is 1. The molecule has 2 unspecified atom stereocenters. The van der Waals surface area contributed by atoms with E-state index in [0.717, 1.165) is 25.2 Å². The SMILES string of the molecule is COC(=O)Cc1ccccc1CN1CCC2CCC(C1)N2. The first-order valence-corrected chi connectivity index (χ1v) is 7.86. The third-order valence-corrected chi connectivity index (χ3v) is 4.68. The summed E-state index contributed by atoms with van der Waals surface area (Å²) in [7, 11) is 1.45. The summed E-state index contributed by atoms with van der Waals surface area (Å²) in [4.78, 5) is 14.1. The zero-order valence-electron chi connectivity index (χ0n) is 12.7. The minimum Gasteiger partial charge on any atom is -0.469 e. The number of ether oxygens (including phenoxy) is 1. The number of likely N-dealkylation sites (tertiary alicyclic amines) is 1. The maximum atomic E-state index is 11.5. The van der Waals surface area contributed by atoms with Crippen LogP contribution in [0.3, 0.4) is 0 Å². The molecule has 0 aliphatic carbocycles. The summed E-state index contributed by atoms with van der Waals surface area (Å²) in [6.07, 6.45) is 4.23. The van der Waals surface area contributed by atoms with Crippen LogP contribution in [-0.2, 0) is 22.5 Å². The Morgan fingerprint density at radius 3 is 2.81 bits per heavy atom. The lowest BCUT2D eigenvalue weighted by molar-refractivity contribution is -0.139. The van der Waals surface area contributed by atoms with Gasteiger partial charge in [0.25, 0.3) is 0 Å². The molecule has 0 radical (unpaired) electrons. The average Bonchev–Trinajstić information content (AvgIpc) is 2.83. The molecule has 114 valence electrons. The van der Waals surface area contributed by atoms with Gasteiger partial charge in [-0.1, -0.05) is 24.3 Å². The summed E-state index contributed by atoms with van der Waals surface area (Å²) in [5.41, 5.74) is 2.34. The van der Waals surface area contributed by atoms with E-state index in [0.29, 0.717) is 18.5 Å². The van der Waals surface area contributed by atoms with Crippen molar-refractivity contribution in [1.82, 2.24) is 10.2 Å². The van der Waals surface area contributed by atoms with E-state index in [-0.39, 0.29) is 5.97 Å². The number of nitrogens with zero attached hydrogens (tertiary/aromatic N) is 1. The Kier molecular flexibility index (Phi) is 4.56. The lowest BCUT2D eigenvalue weighted by Gasteiger charge is -2.25. The molecule has 0 aromatic heterocycles. The van der Waals surface area contributed by atoms with Gasteiger partial charge in [0.1, 0.15) is 0 Å². The van der Waals surface area contributed by atoms with E-state index in [1.807, 2.05) is 12.1 Å². The van der Waals surface area contributed by atoms with Crippen molar-refractivity contribution in [2.24, 2.45) is 0 Å². The number of esters is 1. The summed E-state index contributed by atoms with van der Waals surface area (Å²) in [6.45, 7) is 3.18. The fourth-order valence-electron chi connectivity index (χ4n) is 3.51. The van der Waals surface area contributed by atoms with Crippen LogP contribution < -0.4 is 5.32 Å². The molecule has 0 spiro atoms. The van der Waals surface area contributed by atoms with Gasteiger partial charge in [-0.2, -0.15) is 0 Å². The molecule has 4 heteroatoms. The Morgan fingerprint density at radius 1 is 1.24 bits per heavy atom. The minimum absolute atomic E-state index is 0.168. The van der Waals surface area contributed by atoms with Crippen LogP contribution in [0.1, 0.15) is 30.4 Å². The van der Waals surface area contributed by atoms with E-state index in [9.17, 15) is 4.79 Å². The van der Waals surface area contributed by atoms with Crippen LogP contribution in [-0.4, -0.2) is 43.2 Å². The van der Waals surface area contributed by atoms with Crippen LogP contribution in [0.5, 0.6) is 0 Å². The van der Waals surface area contributed by atoms with Crippen LogP contribution in [0, 0.1) is 0 Å². The highest BCUT2D eigenvalue weighted by molar-refractivity contribution is 5.72. The van der Waals surface area contributed by atoms with E-state index < -0.39 is 0 Å². The van der Waals surface area contributed by atoms with Crippen LogP contribution in [0.25, 0.3) is 0 Å². The third kappa shape index (κ3) is 3.63. The molecule has 2 aliphatic heterocycles. The summed E-state index contributed by atoms with van der Waals surface area (Å²) < 4.78 is 4.80. The van der Waals surface area contributed by atoms with Gasteiger partial charge in [-0.3, -0.25) is 9.69 Å². The van der Waals surface area contributed by atoms with Gasteiger partial charge in [-0.05, 0) is 30.4 Å². The highest BCUT2D eigenvalue weighted by atomic mass is 16.5. The van der Waals surface area contributed by atoms with Crippen LogP contribution in [0.2, 0.25) is 0 Å². The molecular formula is C17H24N2O2. The first kappa shape index (κ1) is 14.5. The molecule has 1 N–H and O–H groups in total. The van der Waals surface area contributed by atoms with Gasteiger partial charge in [0.15, 0.2) is 0 Å². The van der Waals surface area contributed by atoms with E-state index >= 15 is 0 Å². The molecular weight excluding hydrogens is 264 g/mol. The van der Waals surface area contributed by atoms with Crippen LogP contribution in [0.15, 0.2) is 24.3 Å². The largest absolute Gasteiger partial charge is 0.469 e. The lowest BCUT2D eigenvalue weighted by atomic mass is 10.0. The van der Waals surface area contributed by atoms with Crippen molar-refractivity contribution in [2.75, 3.05) is 20.2 Å². The predicted molar refractivity (Wildman–Crippen MR) is 82.0 cm³/mol. The van der Waals surface area contributed by atoms with Crippen LogP contribution >= 0.6 is 0 Å². The van der Waals surface area contributed by atoms with Crippen LogP contribution in [0.4, 0.5) is 0 Å². The highest BCUT2D eigenvalue weighted by Crippen LogP contribution is 2.22. The van der Waals surface area contributed by atoms with Gasteiger partial charge in [0.2, 0.25) is 0 Å². The van der Waals surface area contributed by atoms with Crippen molar-refractivity contribution < 1.29 is 9.53 Å². The van der Waals surface area contributed by atoms with Gasteiger partial charge in [-0.15, -0.1) is 0 Å². The molecule has 1 aromatic carbocycles. The third-order valence-electron chi connectivity index (χ3n) is 4.68. The predicted octanol–water partition coefficient (Wildman–Crippen LogP) is 1.73. The van der Waals surface area contributed by atoms with Crippen molar-refractivity contribution in [3.63, 3.8) is 0 Å². The summed E-state index contributed by atoms with van der Waals surface area (Å²) >= 11 is 0. The molecule has 2 atom stereocenters. The van der Waals surface area contributed by atoms with Gasteiger partial charge < -0.3 is 10.1 Å². The van der Waals surface area contributed by atoms with E-state index in [2.05, 4.69) is 22.3 Å². The van der Waals surface area contributed by atoms with Crippen molar-refractivity contribution in [2.45, 2.75) is 44.3 Å². The normalized spacial score (nSPS) is 25.6. The fraction of sp³-hybridized carbons (Fsp3) is 0.588. The zero-order valence-corrected chi connectivity index (χ0v) is 12.7. The molecule has 21 heavy (non-hydrogen) atoms. The molecule has 2 heterocycles. The summed E-state index contributed by atoms with van der Waals surface area (Å²) in [5, 5.41) is 3.71. The fourth-order valence-corrected chi connectivity index (χ4v) is 3.51. The van der Waals surface area contributed by atoms with Crippen molar-refractivity contribution in [1.29, 1.82) is 0 Å². The molecule has 1 aromatic rings. The molecule has 2 fully saturated rings. The van der Waals surface area contributed by atoms with E-state index in [1.165, 1.54) is 31.9 Å². The Labute approximate surface area is 126 Å². The molecule has 2 bridgehead atoms. The topological polar surface area (TPSA) is 41.6 Å². The first-order chi connectivity index (χ1) is 10.2. The highest BCUT2D eigenvalue weighted by Gasteiger charge is 2.29. The lowest BCUT2D eigenvalue weighted by Crippen LogP contribution is -2.35. The standard InChI is InChI=1S/C17H24N2O2/c1-21-17(20)10-13-4-2-3-5-14(13)11-19-9-8-15-6-7-16(12-19)18-15/h2-5,15-16,18H,6-12H2,1H3. The second-order valence-electron chi connectivity index (χ2n) is 6.18. The average molecular weight is 288 g/mol. The van der Waals surface area contributed by atoms with Crippen molar-refractivity contribution in [3.05, 3.63) is 35.4 Å². The second kappa shape index (κ2) is 6.58. The Hall–Kier alpha value is -1.39. The molecule has 2 aliphatic rings. The minimum atomic E-state index is -0.168. The van der Waals surface area contributed by atoms with Gasteiger partial charge in [0.05, 0.1) is 13.5 Å². The molecule has 0 amide bonds. The first-order valence-electron chi connectivity index (χ1n) is 7.86. The number of benzene rings is 1. The monoisotopic (exact) mass is 288 g/mol. The van der Waals surface area contributed by atoms with Gasteiger partial charge >= 0.3 is 5.97 Å². The summed E-state index contributed by atoms with van der Waals surface area (Å²) in [5.74, 6) is -0.168. The summed E-state index contributed by atoms with van der Waals surface area (Å²) in [6, 6.07) is 9.57. The van der Waals surface area contributed by atoms with Crippen molar-refractivity contribution in [3.8, 4) is 0 Å². The number of rotatable bonds is 4. The van der Waals surface area contributed by atoms with E-state index in [1.54, 1.807) is 0 Å². The Bertz CT molecular complexity index is 503. The molecule has 3 rings (SSSR count). The number of fused-ring (bicyclic) bond motifs is 2. The number of carbonyl (C=O) groups excluding carboxylic acids is 1. The molecule has 2 saturated heterocycles. The number of carbonyl (C=O) groups is 1. The van der Waals surface area contributed by atoms with Gasteiger partial charge in [0, 0.05) is 31.7 Å². The van der Waals surface area contributed by atoms with Gasteiger partial charge in [-0.25, -0.2) is 0 Å². The smallest absolute Gasteiger partial charge is 0.309 e. The Balaban J connectivity index is 1.68. The Morgan fingerprint density at radius 2 is 2.00 bits per heavy atom. The van der Waals surface area contributed by atoms with E-state index in [4.69, 9.17) is 4.74 Å². The molecule has 4 nitrogen and oxygen atoms in total. The maximum absolute atomic E-state index is 11.5. The molecule has 0 saturated carbocycles. The second-order valence-corrected chi connectivity index (χ2v) is 6.18. The number of hydrogen-bond acceptors (Lipinski definition) is 4.